The summed E-state index contributed by atoms with van der Waals surface area (Å²) in [5.41, 5.74) is 1.97. The van der Waals surface area contributed by atoms with E-state index in [1.807, 2.05) is 66.9 Å². The molecule has 4 aromatic rings. The molecule has 2 heterocycles. The summed E-state index contributed by atoms with van der Waals surface area (Å²) in [5.74, 6) is 2.10. The Morgan fingerprint density at radius 3 is 2.37 bits per heavy atom. The van der Waals surface area contributed by atoms with Gasteiger partial charge in [-0.25, -0.2) is 0 Å². The minimum Gasteiger partial charge on any atom is -0.491 e. The molecule has 7 heteroatoms. The smallest absolute Gasteiger partial charge is 0.274 e. The molecule has 0 bridgehead atoms. The van der Waals surface area contributed by atoms with Crippen molar-refractivity contribution in [3.63, 3.8) is 0 Å². The molecular formula is C23H23N3O4. The van der Waals surface area contributed by atoms with Gasteiger partial charge in [0.05, 0.1) is 12.2 Å². The topological polar surface area (TPSA) is 78.0 Å². The highest BCUT2D eigenvalue weighted by Gasteiger charge is 2.13. The van der Waals surface area contributed by atoms with Crippen LogP contribution in [0.4, 0.5) is 0 Å². The Hall–Kier alpha value is -3.58. The quantitative estimate of drug-likeness (QED) is 0.510. The van der Waals surface area contributed by atoms with Crippen LogP contribution in [0.25, 0.3) is 5.65 Å². The lowest BCUT2D eigenvalue weighted by atomic mass is 10.3. The van der Waals surface area contributed by atoms with Crippen molar-refractivity contribution in [3.05, 3.63) is 88.5 Å². The number of hydrogen-bond acceptors (Lipinski definition) is 5. The molecule has 4 rings (SSSR count). The second-order valence-electron chi connectivity index (χ2n) is 7.14. The number of para-hydroxylation sites is 1. The number of hydrogen-bond donors (Lipinski definition) is 1. The maximum absolute atomic E-state index is 12.1. The molecule has 0 unspecified atom stereocenters. The molecular weight excluding hydrogens is 382 g/mol. The Balaban J connectivity index is 1.39. The van der Waals surface area contributed by atoms with Gasteiger partial charge in [0.15, 0.2) is 0 Å². The van der Waals surface area contributed by atoms with Crippen molar-refractivity contribution in [1.82, 2.24) is 14.2 Å². The Bertz CT molecular complexity index is 1200. The van der Waals surface area contributed by atoms with E-state index in [4.69, 9.17) is 9.47 Å². The summed E-state index contributed by atoms with van der Waals surface area (Å²) >= 11 is 0. The van der Waals surface area contributed by atoms with Gasteiger partial charge >= 0.3 is 0 Å². The normalized spacial score (nSPS) is 12.1. The van der Waals surface area contributed by atoms with Crippen LogP contribution < -0.4 is 15.0 Å². The van der Waals surface area contributed by atoms with E-state index in [9.17, 15) is 9.90 Å². The van der Waals surface area contributed by atoms with Gasteiger partial charge in [-0.05, 0) is 50.2 Å². The third-order valence-corrected chi connectivity index (χ3v) is 4.69. The molecule has 1 N–H and O–H groups in total. The second kappa shape index (κ2) is 8.42. The Morgan fingerprint density at radius 1 is 0.967 bits per heavy atom. The van der Waals surface area contributed by atoms with Crippen molar-refractivity contribution in [2.75, 3.05) is 6.61 Å². The molecule has 7 nitrogen and oxygen atoms in total. The van der Waals surface area contributed by atoms with E-state index in [2.05, 4.69) is 5.10 Å². The number of aliphatic hydroxyl groups excluding tert-OH is 1. The van der Waals surface area contributed by atoms with E-state index >= 15 is 0 Å². The van der Waals surface area contributed by atoms with Gasteiger partial charge in [0.1, 0.15) is 35.6 Å². The minimum atomic E-state index is -0.759. The molecule has 0 amide bonds. The van der Waals surface area contributed by atoms with E-state index in [0.29, 0.717) is 17.1 Å². The van der Waals surface area contributed by atoms with Crippen LogP contribution in [0.2, 0.25) is 0 Å². The van der Waals surface area contributed by atoms with E-state index < -0.39 is 6.10 Å². The third kappa shape index (κ3) is 4.36. The number of aromatic nitrogens is 3. The monoisotopic (exact) mass is 405 g/mol. The number of aryl methyl sites for hydroxylation is 2. The fourth-order valence-electron chi connectivity index (χ4n) is 3.26. The molecule has 0 saturated carbocycles. The van der Waals surface area contributed by atoms with Crippen molar-refractivity contribution in [1.29, 1.82) is 0 Å². The first-order valence-corrected chi connectivity index (χ1v) is 9.70. The molecule has 2 aromatic heterocycles. The summed E-state index contributed by atoms with van der Waals surface area (Å²) in [4.78, 5) is 12.1. The van der Waals surface area contributed by atoms with Crippen LogP contribution in [0.5, 0.6) is 17.2 Å². The van der Waals surface area contributed by atoms with Crippen molar-refractivity contribution in [2.24, 2.45) is 0 Å². The maximum Gasteiger partial charge on any atom is 0.274 e. The highest BCUT2D eigenvalue weighted by molar-refractivity contribution is 5.41. The summed E-state index contributed by atoms with van der Waals surface area (Å²) in [6.45, 7) is 4.07. The van der Waals surface area contributed by atoms with Gasteiger partial charge in [0, 0.05) is 17.8 Å². The van der Waals surface area contributed by atoms with Crippen molar-refractivity contribution < 1.29 is 14.6 Å². The Morgan fingerprint density at radius 2 is 1.63 bits per heavy atom. The van der Waals surface area contributed by atoms with Gasteiger partial charge in [-0.1, -0.05) is 18.2 Å². The zero-order valence-electron chi connectivity index (χ0n) is 16.9. The van der Waals surface area contributed by atoms with Crippen molar-refractivity contribution in [3.8, 4) is 17.2 Å². The van der Waals surface area contributed by atoms with Crippen LogP contribution in [0.15, 0.2) is 71.5 Å². The Labute approximate surface area is 173 Å². The maximum atomic E-state index is 12.1. The molecule has 0 aliphatic rings. The molecule has 2 aromatic carbocycles. The van der Waals surface area contributed by atoms with Crippen LogP contribution in [0.3, 0.4) is 0 Å². The molecule has 0 aliphatic heterocycles. The lowest BCUT2D eigenvalue weighted by molar-refractivity contribution is 0.0926. The summed E-state index contributed by atoms with van der Waals surface area (Å²) < 4.78 is 14.7. The van der Waals surface area contributed by atoms with Gasteiger partial charge in [-0.2, -0.15) is 9.61 Å². The van der Waals surface area contributed by atoms with Crippen molar-refractivity contribution in [2.45, 2.75) is 26.5 Å². The highest BCUT2D eigenvalue weighted by Crippen LogP contribution is 2.23. The van der Waals surface area contributed by atoms with Crippen LogP contribution >= 0.6 is 0 Å². The summed E-state index contributed by atoms with van der Waals surface area (Å²) in [6, 6.07) is 20.1. The lowest BCUT2D eigenvalue weighted by Crippen LogP contribution is -2.27. The number of fused-ring (bicyclic) bond motifs is 1. The predicted octanol–water partition coefficient (Wildman–Crippen LogP) is 3.35. The first-order valence-electron chi connectivity index (χ1n) is 9.70. The Kier molecular flexibility index (Phi) is 5.54. The van der Waals surface area contributed by atoms with E-state index in [1.54, 1.807) is 12.1 Å². The summed E-state index contributed by atoms with van der Waals surface area (Å²) in [5, 5.41) is 14.7. The summed E-state index contributed by atoms with van der Waals surface area (Å²) in [7, 11) is 0. The first-order chi connectivity index (χ1) is 14.5. The van der Waals surface area contributed by atoms with Crippen LogP contribution in [0, 0.1) is 13.8 Å². The summed E-state index contributed by atoms with van der Waals surface area (Å²) in [6.07, 6.45) is -0.759. The van der Waals surface area contributed by atoms with Gasteiger partial charge < -0.3 is 19.1 Å². The number of benzene rings is 2. The second-order valence-corrected chi connectivity index (χ2v) is 7.14. The number of rotatable bonds is 7. The van der Waals surface area contributed by atoms with E-state index in [-0.39, 0.29) is 18.7 Å². The molecule has 0 saturated heterocycles. The van der Waals surface area contributed by atoms with Crippen LogP contribution in [-0.4, -0.2) is 32.0 Å². The van der Waals surface area contributed by atoms with E-state index in [0.717, 1.165) is 17.1 Å². The van der Waals surface area contributed by atoms with Crippen molar-refractivity contribution >= 4 is 5.65 Å². The molecule has 0 spiro atoms. The molecule has 0 fully saturated rings. The standard InChI is InChI=1S/C23H23N3O4/c1-16-12-22-25(17(2)13-23(28)26(22)24-16)14-18(27)15-29-19-8-10-21(11-9-19)30-20-6-4-3-5-7-20/h3-13,18,27H,14-15H2,1-2H3/t18-/m0/s1. The molecule has 1 atom stereocenters. The van der Waals surface area contributed by atoms with Gasteiger partial charge in [-0.15, -0.1) is 0 Å². The van der Waals surface area contributed by atoms with Crippen LogP contribution in [-0.2, 0) is 6.54 Å². The number of aliphatic hydroxyl groups is 1. The number of ether oxygens (including phenoxy) is 2. The van der Waals surface area contributed by atoms with Gasteiger partial charge in [0.2, 0.25) is 0 Å². The van der Waals surface area contributed by atoms with Gasteiger partial charge in [0.25, 0.3) is 5.56 Å². The third-order valence-electron chi connectivity index (χ3n) is 4.69. The highest BCUT2D eigenvalue weighted by atomic mass is 16.5. The lowest BCUT2D eigenvalue weighted by Gasteiger charge is -2.17. The predicted molar refractivity (Wildman–Crippen MR) is 113 cm³/mol. The SMILES string of the molecule is Cc1cc2n(C[C@H](O)COc3ccc(Oc4ccccc4)cc3)c(C)cc(=O)n2n1. The van der Waals surface area contributed by atoms with Crippen LogP contribution in [0.1, 0.15) is 11.4 Å². The minimum absolute atomic E-state index is 0.115. The molecule has 0 aliphatic carbocycles. The average Bonchev–Trinajstić information content (AvgIpc) is 3.13. The zero-order valence-corrected chi connectivity index (χ0v) is 16.9. The fraction of sp³-hybridized carbons (Fsp3) is 0.217. The average molecular weight is 405 g/mol. The van der Waals surface area contributed by atoms with Gasteiger partial charge in [-0.3, -0.25) is 4.79 Å². The molecule has 0 radical (unpaired) electrons. The largest absolute Gasteiger partial charge is 0.491 e. The van der Waals surface area contributed by atoms with E-state index in [1.165, 1.54) is 10.6 Å². The molecule has 154 valence electrons. The zero-order chi connectivity index (χ0) is 21.1. The number of nitrogens with zero attached hydrogens (tertiary/aromatic N) is 3. The fourth-order valence-corrected chi connectivity index (χ4v) is 3.26. The first kappa shape index (κ1) is 19.7. The molecule has 30 heavy (non-hydrogen) atoms.